The van der Waals surface area contributed by atoms with E-state index in [2.05, 4.69) is 5.10 Å². The molecule has 0 unspecified atom stereocenters. The van der Waals surface area contributed by atoms with E-state index < -0.39 is 14.5 Å². The zero-order chi connectivity index (χ0) is 16.0. The van der Waals surface area contributed by atoms with E-state index in [0.717, 1.165) is 5.56 Å². The van der Waals surface area contributed by atoms with Gasteiger partial charge in [0.15, 0.2) is 5.15 Å². The SMILES string of the molecule is Cc1ccc(-n2nc(C(C)(C)C)c(S(=O)(=O)Cl)c2Cl)cc1. The predicted molar refractivity (Wildman–Crippen MR) is 85.0 cm³/mol. The second-order valence-electron chi connectivity index (χ2n) is 5.90. The summed E-state index contributed by atoms with van der Waals surface area (Å²) in [5.41, 5.74) is 1.62. The quantitative estimate of drug-likeness (QED) is 0.770. The highest BCUT2D eigenvalue weighted by Gasteiger charge is 2.33. The van der Waals surface area contributed by atoms with Gasteiger partial charge in [-0.15, -0.1) is 0 Å². The lowest BCUT2D eigenvalue weighted by molar-refractivity contribution is 0.544. The highest BCUT2D eigenvalue weighted by molar-refractivity contribution is 8.13. The molecule has 1 aromatic carbocycles. The van der Waals surface area contributed by atoms with Crippen LogP contribution < -0.4 is 0 Å². The number of aryl methyl sites for hydroxylation is 1. The van der Waals surface area contributed by atoms with Gasteiger partial charge in [0.05, 0.1) is 11.4 Å². The van der Waals surface area contributed by atoms with Gasteiger partial charge in [0.2, 0.25) is 0 Å². The Bertz CT molecular complexity index is 773. The molecular weight excluding hydrogens is 331 g/mol. The van der Waals surface area contributed by atoms with Crippen molar-refractivity contribution >= 4 is 31.3 Å². The number of rotatable bonds is 2. The molecule has 114 valence electrons. The molecule has 0 aliphatic heterocycles. The van der Waals surface area contributed by atoms with Gasteiger partial charge in [-0.25, -0.2) is 13.1 Å². The number of aromatic nitrogens is 2. The monoisotopic (exact) mass is 346 g/mol. The third kappa shape index (κ3) is 3.25. The first kappa shape index (κ1) is 16.3. The minimum atomic E-state index is -3.99. The van der Waals surface area contributed by atoms with Crippen molar-refractivity contribution in [2.75, 3.05) is 0 Å². The van der Waals surface area contributed by atoms with Crippen LogP contribution in [0.25, 0.3) is 5.69 Å². The molecule has 2 aromatic rings. The molecule has 2 rings (SSSR count). The van der Waals surface area contributed by atoms with E-state index in [1.165, 1.54) is 4.68 Å². The second kappa shape index (κ2) is 5.30. The maximum Gasteiger partial charge on any atom is 0.266 e. The van der Waals surface area contributed by atoms with Gasteiger partial charge in [-0.1, -0.05) is 50.1 Å². The molecule has 4 nitrogen and oxygen atoms in total. The van der Waals surface area contributed by atoms with Crippen molar-refractivity contribution in [2.24, 2.45) is 0 Å². The van der Waals surface area contributed by atoms with Crippen molar-refractivity contribution in [2.45, 2.75) is 38.0 Å². The molecule has 7 heteroatoms. The number of benzene rings is 1. The van der Waals surface area contributed by atoms with E-state index in [-0.39, 0.29) is 10.0 Å². The van der Waals surface area contributed by atoms with Crippen LogP contribution in [0.2, 0.25) is 5.15 Å². The van der Waals surface area contributed by atoms with Crippen molar-refractivity contribution in [1.29, 1.82) is 0 Å². The largest absolute Gasteiger partial charge is 0.266 e. The summed E-state index contributed by atoms with van der Waals surface area (Å²) in [5, 5.41) is 4.37. The summed E-state index contributed by atoms with van der Waals surface area (Å²) < 4.78 is 25.1. The van der Waals surface area contributed by atoms with Crippen molar-refractivity contribution in [3.63, 3.8) is 0 Å². The molecule has 0 spiro atoms. The van der Waals surface area contributed by atoms with E-state index in [1.54, 1.807) is 0 Å². The molecule has 0 saturated carbocycles. The summed E-state index contributed by atoms with van der Waals surface area (Å²) >= 11 is 6.23. The first-order valence-corrected chi connectivity index (χ1v) is 9.01. The fourth-order valence-corrected chi connectivity index (χ4v) is 3.90. The normalized spacial score (nSPS) is 12.7. The zero-order valence-electron chi connectivity index (χ0n) is 12.2. The van der Waals surface area contributed by atoms with Gasteiger partial charge in [-0.2, -0.15) is 5.10 Å². The summed E-state index contributed by atoms with van der Waals surface area (Å²) in [6.07, 6.45) is 0. The maximum atomic E-state index is 11.8. The summed E-state index contributed by atoms with van der Waals surface area (Å²) in [4.78, 5) is -0.126. The minimum Gasteiger partial charge on any atom is -0.220 e. The Hall–Kier alpha value is -1.04. The Morgan fingerprint density at radius 1 is 1.14 bits per heavy atom. The molecule has 0 atom stereocenters. The Labute approximate surface area is 134 Å². The van der Waals surface area contributed by atoms with E-state index in [1.807, 2.05) is 52.0 Å². The zero-order valence-corrected chi connectivity index (χ0v) is 14.5. The molecule has 0 amide bonds. The molecule has 21 heavy (non-hydrogen) atoms. The van der Waals surface area contributed by atoms with E-state index in [4.69, 9.17) is 22.3 Å². The highest BCUT2D eigenvalue weighted by Crippen LogP contribution is 2.36. The predicted octanol–water partition coefficient (Wildman–Crippen LogP) is 4.06. The Morgan fingerprint density at radius 2 is 1.67 bits per heavy atom. The first-order valence-electron chi connectivity index (χ1n) is 6.32. The highest BCUT2D eigenvalue weighted by atomic mass is 35.7. The van der Waals surface area contributed by atoms with Crippen LogP contribution in [0.3, 0.4) is 0 Å². The molecular formula is C14H16Cl2N2O2S. The fourth-order valence-electron chi connectivity index (χ4n) is 1.95. The molecule has 1 aromatic heterocycles. The molecule has 0 fully saturated rings. The van der Waals surface area contributed by atoms with Crippen molar-refractivity contribution in [3.05, 3.63) is 40.7 Å². The van der Waals surface area contributed by atoms with Crippen LogP contribution >= 0.6 is 22.3 Å². The third-order valence-electron chi connectivity index (χ3n) is 3.02. The Morgan fingerprint density at radius 3 is 2.05 bits per heavy atom. The smallest absolute Gasteiger partial charge is 0.220 e. The lowest BCUT2D eigenvalue weighted by atomic mass is 9.92. The van der Waals surface area contributed by atoms with Crippen molar-refractivity contribution in [1.82, 2.24) is 9.78 Å². The second-order valence-corrected chi connectivity index (χ2v) is 8.76. The van der Waals surface area contributed by atoms with Crippen LogP contribution in [-0.4, -0.2) is 18.2 Å². The lowest BCUT2D eigenvalue weighted by Crippen LogP contribution is -2.15. The average Bonchev–Trinajstić information content (AvgIpc) is 2.67. The van der Waals surface area contributed by atoms with Crippen LogP contribution in [0.4, 0.5) is 0 Å². The van der Waals surface area contributed by atoms with Gasteiger partial charge in [-0.3, -0.25) is 0 Å². The summed E-state index contributed by atoms with van der Waals surface area (Å²) in [6, 6.07) is 7.45. The van der Waals surface area contributed by atoms with Gasteiger partial charge in [0, 0.05) is 16.1 Å². The summed E-state index contributed by atoms with van der Waals surface area (Å²) in [7, 11) is 1.55. The molecule has 0 radical (unpaired) electrons. The fraction of sp³-hybridized carbons (Fsp3) is 0.357. The van der Waals surface area contributed by atoms with Crippen LogP contribution in [-0.2, 0) is 14.5 Å². The van der Waals surface area contributed by atoms with Crippen LogP contribution in [0.15, 0.2) is 29.2 Å². The van der Waals surface area contributed by atoms with E-state index in [9.17, 15) is 8.42 Å². The number of hydrogen-bond donors (Lipinski definition) is 0. The number of nitrogens with zero attached hydrogens (tertiary/aromatic N) is 2. The van der Waals surface area contributed by atoms with Gasteiger partial charge in [0.1, 0.15) is 4.90 Å². The van der Waals surface area contributed by atoms with Gasteiger partial charge < -0.3 is 0 Å². The Kier molecular flexibility index (Phi) is 4.12. The van der Waals surface area contributed by atoms with Crippen molar-refractivity contribution in [3.8, 4) is 5.69 Å². The van der Waals surface area contributed by atoms with E-state index in [0.29, 0.717) is 11.4 Å². The van der Waals surface area contributed by atoms with Crippen LogP contribution in [0.1, 0.15) is 32.0 Å². The summed E-state index contributed by atoms with van der Waals surface area (Å²) in [6.45, 7) is 7.54. The average molecular weight is 347 g/mol. The standard InChI is InChI=1S/C14H16Cl2N2O2S/c1-9-5-7-10(8-6-9)18-13(15)11(21(16,19)20)12(17-18)14(2,3)4/h5-8H,1-4H3. The van der Waals surface area contributed by atoms with Gasteiger partial charge >= 0.3 is 0 Å². The number of hydrogen-bond acceptors (Lipinski definition) is 3. The number of halogens is 2. The van der Waals surface area contributed by atoms with Crippen LogP contribution in [0.5, 0.6) is 0 Å². The van der Waals surface area contributed by atoms with Crippen LogP contribution in [0, 0.1) is 6.92 Å². The van der Waals surface area contributed by atoms with Gasteiger partial charge in [-0.05, 0) is 19.1 Å². The molecule has 0 saturated heterocycles. The van der Waals surface area contributed by atoms with Crippen molar-refractivity contribution < 1.29 is 8.42 Å². The molecule has 0 aliphatic rings. The summed E-state index contributed by atoms with van der Waals surface area (Å²) in [5.74, 6) is 0. The molecule has 0 N–H and O–H groups in total. The molecule has 1 heterocycles. The lowest BCUT2D eigenvalue weighted by Gasteiger charge is -2.16. The van der Waals surface area contributed by atoms with Gasteiger partial charge in [0.25, 0.3) is 9.05 Å². The first-order chi connectivity index (χ1) is 9.51. The topological polar surface area (TPSA) is 52.0 Å². The molecule has 0 aliphatic carbocycles. The maximum absolute atomic E-state index is 11.8. The molecule has 0 bridgehead atoms. The third-order valence-corrected chi connectivity index (χ3v) is 4.82. The Balaban J connectivity index is 2.76. The minimum absolute atomic E-state index is 0.00113. The van der Waals surface area contributed by atoms with E-state index >= 15 is 0 Å².